The summed E-state index contributed by atoms with van der Waals surface area (Å²) in [5.41, 5.74) is 2.71. The van der Waals surface area contributed by atoms with E-state index in [0.29, 0.717) is 5.56 Å². The van der Waals surface area contributed by atoms with Gasteiger partial charge in [-0.15, -0.1) is 0 Å². The zero-order valence-corrected chi connectivity index (χ0v) is 10.1. The first-order valence-electron chi connectivity index (χ1n) is 5.84. The van der Waals surface area contributed by atoms with Gasteiger partial charge in [0, 0.05) is 24.7 Å². The molecular formula is C14H15N3. The summed E-state index contributed by atoms with van der Waals surface area (Å²) in [5, 5.41) is 9.89. The fourth-order valence-electron chi connectivity index (χ4n) is 2.03. The van der Waals surface area contributed by atoms with Gasteiger partial charge in [0.2, 0.25) is 0 Å². The lowest BCUT2D eigenvalue weighted by Crippen LogP contribution is -2.22. The first kappa shape index (κ1) is 11.4. The maximum absolute atomic E-state index is 8.87. The number of rotatable bonds is 3. The van der Waals surface area contributed by atoms with Crippen molar-refractivity contribution in [2.45, 2.75) is 13.8 Å². The van der Waals surface area contributed by atoms with Crippen molar-refractivity contribution in [3.05, 3.63) is 36.0 Å². The first-order valence-corrected chi connectivity index (χ1v) is 5.84. The summed E-state index contributed by atoms with van der Waals surface area (Å²) in [5.74, 6) is 0. The van der Waals surface area contributed by atoms with Crippen LogP contribution in [0.2, 0.25) is 0 Å². The minimum Gasteiger partial charge on any atom is -0.370 e. The van der Waals surface area contributed by atoms with Crippen LogP contribution in [0.4, 0.5) is 5.69 Å². The van der Waals surface area contributed by atoms with E-state index in [4.69, 9.17) is 5.26 Å². The van der Waals surface area contributed by atoms with Gasteiger partial charge in [-0.05, 0) is 26.0 Å². The van der Waals surface area contributed by atoms with Gasteiger partial charge in [0.05, 0.1) is 16.8 Å². The van der Waals surface area contributed by atoms with Gasteiger partial charge in [0.25, 0.3) is 0 Å². The molecule has 0 N–H and O–H groups in total. The van der Waals surface area contributed by atoms with Crippen LogP contribution in [-0.4, -0.2) is 18.1 Å². The molecule has 0 unspecified atom stereocenters. The minimum atomic E-state index is 0.606. The summed E-state index contributed by atoms with van der Waals surface area (Å²) >= 11 is 0. The number of hydrogen-bond donors (Lipinski definition) is 0. The molecule has 2 aromatic rings. The second kappa shape index (κ2) is 4.84. The van der Waals surface area contributed by atoms with Crippen LogP contribution in [0.15, 0.2) is 30.5 Å². The molecule has 0 amide bonds. The molecule has 0 saturated heterocycles. The van der Waals surface area contributed by atoms with E-state index in [9.17, 15) is 0 Å². The van der Waals surface area contributed by atoms with Crippen molar-refractivity contribution < 1.29 is 0 Å². The summed E-state index contributed by atoms with van der Waals surface area (Å²) in [6, 6.07) is 10.1. The lowest BCUT2D eigenvalue weighted by Gasteiger charge is -2.22. The summed E-state index contributed by atoms with van der Waals surface area (Å²) in [7, 11) is 0. The van der Waals surface area contributed by atoms with Crippen LogP contribution < -0.4 is 4.90 Å². The Balaban J connectivity index is 2.62. The molecule has 17 heavy (non-hydrogen) atoms. The maximum Gasteiger partial charge on any atom is 0.101 e. The smallest absolute Gasteiger partial charge is 0.101 e. The standard InChI is InChI=1S/C14H15N3/c1-3-17(4-2)13-7-5-6-12-8-11(9-15)10-16-14(12)13/h5-8,10H,3-4H2,1-2H3. The van der Waals surface area contributed by atoms with Gasteiger partial charge in [-0.3, -0.25) is 4.98 Å². The number of para-hydroxylation sites is 1. The highest BCUT2D eigenvalue weighted by Crippen LogP contribution is 2.25. The fraction of sp³-hybridized carbons (Fsp3) is 0.286. The Morgan fingerprint density at radius 3 is 2.71 bits per heavy atom. The molecule has 86 valence electrons. The molecule has 0 atom stereocenters. The Kier molecular flexibility index (Phi) is 3.24. The molecule has 0 spiro atoms. The zero-order valence-electron chi connectivity index (χ0n) is 10.1. The predicted octanol–water partition coefficient (Wildman–Crippen LogP) is 2.95. The number of nitriles is 1. The molecule has 3 heteroatoms. The molecule has 0 aliphatic heterocycles. The van der Waals surface area contributed by atoms with E-state index < -0.39 is 0 Å². The lowest BCUT2D eigenvalue weighted by atomic mass is 10.1. The van der Waals surface area contributed by atoms with E-state index in [2.05, 4.69) is 35.9 Å². The van der Waals surface area contributed by atoms with E-state index in [1.165, 1.54) is 0 Å². The number of fused-ring (bicyclic) bond motifs is 1. The van der Waals surface area contributed by atoms with Crippen molar-refractivity contribution in [1.29, 1.82) is 5.26 Å². The van der Waals surface area contributed by atoms with Crippen molar-refractivity contribution in [3.63, 3.8) is 0 Å². The van der Waals surface area contributed by atoms with E-state index in [0.717, 1.165) is 29.7 Å². The lowest BCUT2D eigenvalue weighted by molar-refractivity contribution is 0.869. The van der Waals surface area contributed by atoms with Crippen molar-refractivity contribution in [3.8, 4) is 6.07 Å². The van der Waals surface area contributed by atoms with Crippen LogP contribution in [0.25, 0.3) is 10.9 Å². The SMILES string of the molecule is CCN(CC)c1cccc2cc(C#N)cnc12. The van der Waals surface area contributed by atoms with Crippen molar-refractivity contribution in [2.75, 3.05) is 18.0 Å². The number of nitrogens with zero attached hydrogens (tertiary/aromatic N) is 3. The fourth-order valence-corrected chi connectivity index (χ4v) is 2.03. The molecule has 1 aromatic heterocycles. The molecule has 0 aliphatic carbocycles. The number of hydrogen-bond acceptors (Lipinski definition) is 3. The number of pyridine rings is 1. The van der Waals surface area contributed by atoms with Crippen LogP contribution >= 0.6 is 0 Å². The topological polar surface area (TPSA) is 39.9 Å². The number of aromatic nitrogens is 1. The van der Waals surface area contributed by atoms with Crippen LogP contribution in [0.3, 0.4) is 0 Å². The van der Waals surface area contributed by atoms with Crippen LogP contribution in [-0.2, 0) is 0 Å². The van der Waals surface area contributed by atoms with Crippen LogP contribution in [0.1, 0.15) is 19.4 Å². The van der Waals surface area contributed by atoms with Gasteiger partial charge in [0.15, 0.2) is 0 Å². The Morgan fingerprint density at radius 2 is 2.06 bits per heavy atom. The Morgan fingerprint density at radius 1 is 1.29 bits per heavy atom. The van der Waals surface area contributed by atoms with E-state index in [1.54, 1.807) is 6.20 Å². The molecular weight excluding hydrogens is 210 g/mol. The maximum atomic E-state index is 8.87. The third kappa shape index (κ3) is 2.07. The van der Waals surface area contributed by atoms with Gasteiger partial charge >= 0.3 is 0 Å². The Labute approximate surface area is 101 Å². The van der Waals surface area contributed by atoms with E-state index >= 15 is 0 Å². The highest BCUT2D eigenvalue weighted by atomic mass is 15.1. The Bertz CT molecular complexity index is 565. The third-order valence-corrected chi connectivity index (χ3v) is 2.92. The summed E-state index contributed by atoms with van der Waals surface area (Å²) in [6.45, 7) is 6.17. The molecule has 0 aliphatic rings. The van der Waals surface area contributed by atoms with Crippen LogP contribution in [0.5, 0.6) is 0 Å². The second-order valence-corrected chi connectivity index (χ2v) is 3.86. The normalized spacial score (nSPS) is 10.2. The van der Waals surface area contributed by atoms with Crippen molar-refractivity contribution in [2.24, 2.45) is 0 Å². The molecule has 0 bridgehead atoms. The second-order valence-electron chi connectivity index (χ2n) is 3.86. The average Bonchev–Trinajstić information content (AvgIpc) is 2.39. The summed E-state index contributed by atoms with van der Waals surface area (Å²) in [6.07, 6.45) is 1.63. The van der Waals surface area contributed by atoms with Gasteiger partial charge in [-0.1, -0.05) is 12.1 Å². The molecule has 0 radical (unpaired) electrons. The highest BCUT2D eigenvalue weighted by Gasteiger charge is 2.08. The monoisotopic (exact) mass is 225 g/mol. The third-order valence-electron chi connectivity index (χ3n) is 2.92. The van der Waals surface area contributed by atoms with E-state index in [1.807, 2.05) is 18.2 Å². The quantitative estimate of drug-likeness (QED) is 0.806. The largest absolute Gasteiger partial charge is 0.370 e. The van der Waals surface area contributed by atoms with Crippen molar-refractivity contribution in [1.82, 2.24) is 4.98 Å². The molecule has 2 rings (SSSR count). The number of benzene rings is 1. The first-order chi connectivity index (χ1) is 8.30. The molecule has 0 saturated carbocycles. The van der Waals surface area contributed by atoms with Crippen molar-refractivity contribution >= 4 is 16.6 Å². The van der Waals surface area contributed by atoms with E-state index in [-0.39, 0.29) is 0 Å². The molecule has 1 aromatic carbocycles. The Hall–Kier alpha value is -2.08. The summed E-state index contributed by atoms with van der Waals surface area (Å²) in [4.78, 5) is 6.67. The van der Waals surface area contributed by atoms with Gasteiger partial charge in [-0.25, -0.2) is 0 Å². The molecule has 0 fully saturated rings. The molecule has 1 heterocycles. The van der Waals surface area contributed by atoms with Gasteiger partial charge in [0.1, 0.15) is 6.07 Å². The minimum absolute atomic E-state index is 0.606. The zero-order chi connectivity index (χ0) is 12.3. The van der Waals surface area contributed by atoms with Gasteiger partial charge in [-0.2, -0.15) is 5.26 Å². The highest BCUT2D eigenvalue weighted by molar-refractivity contribution is 5.91. The molecule has 3 nitrogen and oxygen atoms in total. The number of anilines is 1. The average molecular weight is 225 g/mol. The summed E-state index contributed by atoms with van der Waals surface area (Å²) < 4.78 is 0. The predicted molar refractivity (Wildman–Crippen MR) is 70.0 cm³/mol. The van der Waals surface area contributed by atoms with Gasteiger partial charge < -0.3 is 4.90 Å². The van der Waals surface area contributed by atoms with Crippen LogP contribution in [0, 0.1) is 11.3 Å².